The normalized spacial score (nSPS) is 11.7. The number of fused-ring (bicyclic) bond motifs is 8. The second-order valence-corrected chi connectivity index (χ2v) is 9.81. The molecule has 178 valence electrons. The van der Waals surface area contributed by atoms with E-state index in [2.05, 4.69) is 132 Å². The molecule has 38 heavy (non-hydrogen) atoms. The van der Waals surface area contributed by atoms with Gasteiger partial charge in [-0.05, 0) is 86.9 Å². The highest BCUT2D eigenvalue weighted by molar-refractivity contribution is 6.23. The maximum atomic E-state index is 6.18. The van der Waals surface area contributed by atoms with Crippen molar-refractivity contribution in [2.24, 2.45) is 0 Å². The number of para-hydroxylation sites is 3. The van der Waals surface area contributed by atoms with Gasteiger partial charge in [0.2, 0.25) is 0 Å². The minimum atomic E-state index is 0.929. The van der Waals surface area contributed by atoms with E-state index in [0.29, 0.717) is 0 Å². The molecular formula is C36H23NO. The summed E-state index contributed by atoms with van der Waals surface area (Å²) in [6.45, 7) is 0. The molecule has 2 heteroatoms. The van der Waals surface area contributed by atoms with Crippen LogP contribution in [0.25, 0.3) is 54.3 Å². The van der Waals surface area contributed by atoms with Gasteiger partial charge in [0.15, 0.2) is 0 Å². The van der Waals surface area contributed by atoms with Crippen LogP contribution in [-0.2, 0) is 0 Å². The maximum Gasteiger partial charge on any atom is 0.136 e. The molecule has 0 aliphatic carbocycles. The molecule has 1 heterocycles. The van der Waals surface area contributed by atoms with Gasteiger partial charge in [0, 0.05) is 27.8 Å². The van der Waals surface area contributed by atoms with Crippen molar-refractivity contribution < 1.29 is 4.42 Å². The van der Waals surface area contributed by atoms with Gasteiger partial charge < -0.3 is 9.32 Å². The zero-order chi connectivity index (χ0) is 25.1. The number of rotatable bonds is 3. The van der Waals surface area contributed by atoms with Gasteiger partial charge in [0.1, 0.15) is 11.2 Å². The number of anilines is 3. The van der Waals surface area contributed by atoms with Crippen molar-refractivity contribution in [2.45, 2.75) is 0 Å². The first-order chi connectivity index (χ1) is 18.8. The molecule has 0 amide bonds. The summed E-state index contributed by atoms with van der Waals surface area (Å²) in [6, 6.07) is 49.6. The molecule has 0 aliphatic rings. The summed E-state index contributed by atoms with van der Waals surface area (Å²) in [6.07, 6.45) is 0. The predicted octanol–water partition coefficient (Wildman–Crippen LogP) is 10.5. The lowest BCUT2D eigenvalue weighted by atomic mass is 9.95. The van der Waals surface area contributed by atoms with Crippen LogP contribution < -0.4 is 4.90 Å². The first kappa shape index (κ1) is 21.0. The Balaban J connectivity index is 1.39. The molecule has 0 N–H and O–H groups in total. The van der Waals surface area contributed by atoms with Gasteiger partial charge in [0.05, 0.1) is 0 Å². The van der Waals surface area contributed by atoms with E-state index in [1.165, 1.54) is 32.3 Å². The van der Waals surface area contributed by atoms with Gasteiger partial charge >= 0.3 is 0 Å². The van der Waals surface area contributed by atoms with Crippen LogP contribution in [0.3, 0.4) is 0 Å². The Labute approximate surface area is 220 Å². The molecule has 0 saturated carbocycles. The number of benzene rings is 7. The van der Waals surface area contributed by atoms with Crippen molar-refractivity contribution in [1.29, 1.82) is 0 Å². The summed E-state index contributed by atoms with van der Waals surface area (Å²) < 4.78 is 6.18. The van der Waals surface area contributed by atoms with E-state index in [0.717, 1.165) is 39.0 Å². The lowest BCUT2D eigenvalue weighted by Gasteiger charge is -2.25. The molecule has 0 radical (unpaired) electrons. The summed E-state index contributed by atoms with van der Waals surface area (Å²) in [5.74, 6) is 0. The van der Waals surface area contributed by atoms with Gasteiger partial charge in [0.25, 0.3) is 0 Å². The highest BCUT2D eigenvalue weighted by Crippen LogP contribution is 2.40. The molecule has 0 unspecified atom stereocenters. The first-order valence-electron chi connectivity index (χ1n) is 12.9. The quantitative estimate of drug-likeness (QED) is 0.231. The SMILES string of the molecule is c1ccc(N(c2ccccc2)c2ccc3c(ccc4ccc5cc6oc7ccccc7c6cc5c43)c2)cc1. The zero-order valence-corrected chi connectivity index (χ0v) is 20.6. The van der Waals surface area contributed by atoms with E-state index >= 15 is 0 Å². The highest BCUT2D eigenvalue weighted by Gasteiger charge is 2.15. The molecule has 1 aromatic heterocycles. The summed E-state index contributed by atoms with van der Waals surface area (Å²) in [7, 11) is 0. The van der Waals surface area contributed by atoms with Crippen molar-refractivity contribution in [3.63, 3.8) is 0 Å². The van der Waals surface area contributed by atoms with Crippen molar-refractivity contribution in [3.8, 4) is 0 Å². The Morgan fingerprint density at radius 2 is 1.00 bits per heavy atom. The predicted molar refractivity (Wildman–Crippen MR) is 161 cm³/mol. The van der Waals surface area contributed by atoms with Crippen LogP contribution >= 0.6 is 0 Å². The van der Waals surface area contributed by atoms with Crippen LogP contribution in [0.15, 0.2) is 144 Å². The van der Waals surface area contributed by atoms with Gasteiger partial charge in [-0.25, -0.2) is 0 Å². The number of hydrogen-bond acceptors (Lipinski definition) is 2. The van der Waals surface area contributed by atoms with Crippen LogP contribution in [0.1, 0.15) is 0 Å². The fourth-order valence-electron chi connectivity index (χ4n) is 5.84. The molecule has 0 atom stereocenters. The lowest BCUT2D eigenvalue weighted by Crippen LogP contribution is -2.09. The molecule has 0 aliphatic heterocycles. The van der Waals surface area contributed by atoms with Gasteiger partial charge in [-0.3, -0.25) is 0 Å². The molecule has 0 fully saturated rings. The third-order valence-corrected chi connectivity index (χ3v) is 7.58. The van der Waals surface area contributed by atoms with Gasteiger partial charge in [-0.15, -0.1) is 0 Å². The minimum Gasteiger partial charge on any atom is -0.456 e. The molecule has 0 saturated heterocycles. The molecular weight excluding hydrogens is 462 g/mol. The van der Waals surface area contributed by atoms with E-state index in [1.807, 2.05) is 12.1 Å². The monoisotopic (exact) mass is 485 g/mol. The Morgan fingerprint density at radius 1 is 0.368 bits per heavy atom. The van der Waals surface area contributed by atoms with Crippen LogP contribution in [0.4, 0.5) is 17.1 Å². The van der Waals surface area contributed by atoms with E-state index in [1.54, 1.807) is 0 Å². The Bertz CT molecular complexity index is 2090. The van der Waals surface area contributed by atoms with Crippen LogP contribution in [0, 0.1) is 0 Å². The third kappa shape index (κ3) is 3.21. The van der Waals surface area contributed by atoms with E-state index in [-0.39, 0.29) is 0 Å². The van der Waals surface area contributed by atoms with Crippen molar-refractivity contribution in [3.05, 3.63) is 140 Å². The standard InChI is InChI=1S/C36H23NO/c1-3-9-27(10-4-1)37(28-11-5-2-6-12-28)29-19-20-30-25(21-29)17-15-24-16-18-26-22-35-33(23-32(26)36(24)30)31-13-7-8-14-34(31)38-35/h1-23H. The average molecular weight is 486 g/mol. The second-order valence-electron chi connectivity index (χ2n) is 9.81. The smallest absolute Gasteiger partial charge is 0.136 e. The Morgan fingerprint density at radius 3 is 1.74 bits per heavy atom. The third-order valence-electron chi connectivity index (χ3n) is 7.58. The largest absolute Gasteiger partial charge is 0.456 e. The van der Waals surface area contributed by atoms with E-state index in [9.17, 15) is 0 Å². The fourth-order valence-corrected chi connectivity index (χ4v) is 5.84. The topological polar surface area (TPSA) is 16.4 Å². The average Bonchev–Trinajstić information content (AvgIpc) is 3.34. The number of nitrogens with zero attached hydrogens (tertiary/aromatic N) is 1. The summed E-state index contributed by atoms with van der Waals surface area (Å²) in [5.41, 5.74) is 5.27. The Kier molecular flexibility index (Phi) is 4.55. The molecule has 8 rings (SSSR count). The highest BCUT2D eigenvalue weighted by atomic mass is 16.3. The molecule has 8 aromatic rings. The van der Waals surface area contributed by atoms with Crippen molar-refractivity contribution in [1.82, 2.24) is 0 Å². The van der Waals surface area contributed by atoms with E-state index < -0.39 is 0 Å². The Hall–Kier alpha value is -5.08. The van der Waals surface area contributed by atoms with Gasteiger partial charge in [-0.2, -0.15) is 0 Å². The van der Waals surface area contributed by atoms with Crippen LogP contribution in [0.5, 0.6) is 0 Å². The van der Waals surface area contributed by atoms with Crippen LogP contribution in [-0.4, -0.2) is 0 Å². The molecule has 2 nitrogen and oxygen atoms in total. The summed E-state index contributed by atoms with van der Waals surface area (Å²) in [4.78, 5) is 2.31. The first-order valence-corrected chi connectivity index (χ1v) is 12.9. The number of hydrogen-bond donors (Lipinski definition) is 0. The van der Waals surface area contributed by atoms with E-state index in [4.69, 9.17) is 4.42 Å². The van der Waals surface area contributed by atoms with Crippen molar-refractivity contribution in [2.75, 3.05) is 4.90 Å². The second kappa shape index (κ2) is 8.22. The van der Waals surface area contributed by atoms with Crippen molar-refractivity contribution >= 4 is 71.3 Å². The molecule has 7 aromatic carbocycles. The maximum absolute atomic E-state index is 6.18. The lowest BCUT2D eigenvalue weighted by molar-refractivity contribution is 0.669. The summed E-state index contributed by atoms with van der Waals surface area (Å²) in [5, 5.41) is 9.76. The fraction of sp³-hybridized carbons (Fsp3) is 0. The molecule has 0 spiro atoms. The zero-order valence-electron chi connectivity index (χ0n) is 20.6. The van der Waals surface area contributed by atoms with Gasteiger partial charge in [-0.1, -0.05) is 84.9 Å². The summed E-state index contributed by atoms with van der Waals surface area (Å²) >= 11 is 0. The van der Waals surface area contributed by atoms with Crippen LogP contribution in [0.2, 0.25) is 0 Å². The minimum absolute atomic E-state index is 0.929. The number of furan rings is 1. The molecule has 0 bridgehead atoms.